The van der Waals surface area contributed by atoms with Crippen LogP contribution in [0.3, 0.4) is 0 Å². The van der Waals surface area contributed by atoms with Crippen molar-refractivity contribution in [1.29, 1.82) is 0 Å². The van der Waals surface area contributed by atoms with Gasteiger partial charge in [-0.1, -0.05) is 0 Å². The van der Waals surface area contributed by atoms with Crippen LogP contribution in [0.2, 0.25) is 0 Å². The number of unbranched alkanes of at least 4 members (excludes halogenated alkanes) is 1. The van der Waals surface area contributed by atoms with Crippen molar-refractivity contribution in [3.8, 4) is 0 Å². The van der Waals surface area contributed by atoms with Crippen LogP contribution in [0.4, 0.5) is 0 Å². The van der Waals surface area contributed by atoms with Crippen LogP contribution in [-0.4, -0.2) is 18.7 Å². The zero-order valence-electron chi connectivity index (χ0n) is 18.6. The fraction of sp³-hybridized carbons (Fsp3) is 0.296. The normalized spacial score (nSPS) is 13.2. The number of halogens is 1. The second kappa shape index (κ2) is 9.83. The Labute approximate surface area is 199 Å². The second-order valence-electron chi connectivity index (χ2n) is 9.01. The minimum atomic E-state index is -2.72. The van der Waals surface area contributed by atoms with E-state index in [0.29, 0.717) is 6.61 Å². The molecule has 164 valence electrons. The summed E-state index contributed by atoms with van der Waals surface area (Å²) in [6, 6.07) is 32.8. The molecule has 0 aromatic heterocycles. The fourth-order valence-electron chi connectivity index (χ4n) is 3.94. The van der Waals surface area contributed by atoms with Gasteiger partial charge in [0.2, 0.25) is 0 Å². The van der Waals surface area contributed by atoms with Gasteiger partial charge in [-0.15, -0.1) is 0 Å². The Morgan fingerprint density at radius 3 is 1.48 bits per heavy atom. The number of esters is 1. The van der Waals surface area contributed by atoms with Crippen molar-refractivity contribution in [2.24, 2.45) is 5.41 Å². The van der Waals surface area contributed by atoms with Gasteiger partial charge in [0.1, 0.15) is 0 Å². The van der Waals surface area contributed by atoms with Gasteiger partial charge in [-0.3, -0.25) is 0 Å². The molecule has 0 atom stereocenters. The van der Waals surface area contributed by atoms with Gasteiger partial charge in [0.15, 0.2) is 0 Å². The third kappa shape index (κ3) is 5.04. The van der Waals surface area contributed by atoms with Crippen LogP contribution in [0.5, 0.6) is 0 Å². The van der Waals surface area contributed by atoms with E-state index >= 15 is 0 Å². The van der Waals surface area contributed by atoms with Crippen molar-refractivity contribution in [1.82, 2.24) is 0 Å². The van der Waals surface area contributed by atoms with Crippen molar-refractivity contribution in [3.05, 3.63) is 91.0 Å². The van der Waals surface area contributed by atoms with Crippen molar-refractivity contribution in [2.45, 2.75) is 33.6 Å². The van der Waals surface area contributed by atoms with E-state index in [1.807, 2.05) is 20.8 Å². The molecule has 0 aliphatic rings. The summed E-state index contributed by atoms with van der Waals surface area (Å²) in [5.74, 6) is -0.131. The summed E-state index contributed by atoms with van der Waals surface area (Å²) in [7, 11) is 0. The van der Waals surface area contributed by atoms with Crippen molar-refractivity contribution >= 4 is 48.2 Å². The average molecular weight is 546 g/mol. The molecule has 0 saturated carbocycles. The standard InChI is InChI=1S/C27H32IO2P/c1-27(2,3)26(29)30-21-13-14-22-31(28,23-15-7-4-8-16-23,24-17-9-5-10-18-24)25-19-11-6-12-20-25/h4-12,15-20H,13-14,21-22H2,1-3H3. The summed E-state index contributed by atoms with van der Waals surface area (Å²) in [5, 5.41) is 4.16. The fourth-order valence-corrected chi connectivity index (χ4v) is 12.7. The van der Waals surface area contributed by atoms with Crippen LogP contribution in [0, 0.1) is 5.41 Å². The minimum absolute atomic E-state index is 0.131. The zero-order valence-corrected chi connectivity index (χ0v) is 21.7. The molecule has 0 amide bonds. The van der Waals surface area contributed by atoms with Gasteiger partial charge in [0.25, 0.3) is 0 Å². The molecule has 0 radical (unpaired) electrons. The zero-order chi connectivity index (χ0) is 22.4. The molecule has 0 heterocycles. The van der Waals surface area contributed by atoms with Crippen LogP contribution >= 0.6 is 26.3 Å². The van der Waals surface area contributed by atoms with Crippen LogP contribution in [0.25, 0.3) is 0 Å². The van der Waals surface area contributed by atoms with Gasteiger partial charge in [0, 0.05) is 0 Å². The molecular formula is C27H32IO2P. The van der Waals surface area contributed by atoms with E-state index in [-0.39, 0.29) is 5.97 Å². The first-order chi connectivity index (χ1) is 14.8. The summed E-state index contributed by atoms with van der Waals surface area (Å²) in [5.41, 5.74) is -0.458. The van der Waals surface area contributed by atoms with Gasteiger partial charge in [-0.2, -0.15) is 0 Å². The molecule has 0 spiro atoms. The molecule has 0 unspecified atom stereocenters. The number of hydrogen-bond donors (Lipinski definition) is 0. The maximum atomic E-state index is 12.1. The Hall–Kier alpha value is -1.71. The molecule has 0 aliphatic carbocycles. The molecule has 0 aliphatic heterocycles. The van der Waals surface area contributed by atoms with Crippen LogP contribution in [0.15, 0.2) is 91.0 Å². The summed E-state index contributed by atoms with van der Waals surface area (Å²) < 4.78 is 2.82. The molecular weight excluding hydrogens is 514 g/mol. The third-order valence-corrected chi connectivity index (χ3v) is 17.4. The van der Waals surface area contributed by atoms with Crippen LogP contribution in [0.1, 0.15) is 33.6 Å². The number of ether oxygens (including phenoxy) is 1. The molecule has 3 rings (SSSR count). The van der Waals surface area contributed by atoms with Gasteiger partial charge in [-0.25, -0.2) is 0 Å². The van der Waals surface area contributed by atoms with E-state index in [2.05, 4.69) is 113 Å². The summed E-state index contributed by atoms with van der Waals surface area (Å²) >= 11 is 2.81. The monoisotopic (exact) mass is 546 g/mol. The maximum absolute atomic E-state index is 12.1. The molecule has 0 fully saturated rings. The van der Waals surface area contributed by atoms with Crippen molar-refractivity contribution in [2.75, 3.05) is 12.8 Å². The number of carbonyl (C=O) groups is 1. The van der Waals surface area contributed by atoms with E-state index in [0.717, 1.165) is 19.0 Å². The quantitative estimate of drug-likeness (QED) is 0.145. The number of benzene rings is 3. The first-order valence-electron chi connectivity index (χ1n) is 10.8. The van der Waals surface area contributed by atoms with Gasteiger partial charge in [-0.05, 0) is 0 Å². The SMILES string of the molecule is CC(C)(C)C(=O)OCCCCP(I)(c1ccccc1)(c1ccccc1)c1ccccc1. The van der Waals surface area contributed by atoms with E-state index in [9.17, 15) is 4.79 Å². The molecule has 0 bridgehead atoms. The van der Waals surface area contributed by atoms with Gasteiger partial charge in [0.05, 0.1) is 0 Å². The molecule has 31 heavy (non-hydrogen) atoms. The number of rotatable bonds is 8. The van der Waals surface area contributed by atoms with Crippen LogP contribution in [-0.2, 0) is 9.53 Å². The molecule has 0 N–H and O–H groups in total. The van der Waals surface area contributed by atoms with E-state index in [1.165, 1.54) is 15.9 Å². The topological polar surface area (TPSA) is 26.3 Å². The van der Waals surface area contributed by atoms with Crippen molar-refractivity contribution in [3.63, 3.8) is 0 Å². The van der Waals surface area contributed by atoms with Gasteiger partial charge >= 0.3 is 200 Å². The molecule has 4 heteroatoms. The van der Waals surface area contributed by atoms with E-state index in [4.69, 9.17) is 4.74 Å². The van der Waals surface area contributed by atoms with E-state index < -0.39 is 9.66 Å². The predicted molar refractivity (Wildman–Crippen MR) is 144 cm³/mol. The molecule has 0 saturated heterocycles. The van der Waals surface area contributed by atoms with Crippen LogP contribution < -0.4 is 15.9 Å². The number of hydrogen-bond acceptors (Lipinski definition) is 2. The summed E-state index contributed by atoms with van der Waals surface area (Å²) in [6.07, 6.45) is 2.86. The summed E-state index contributed by atoms with van der Waals surface area (Å²) in [4.78, 5) is 12.1. The molecule has 3 aromatic carbocycles. The van der Waals surface area contributed by atoms with E-state index in [1.54, 1.807) is 0 Å². The average Bonchev–Trinajstić information content (AvgIpc) is 2.80. The van der Waals surface area contributed by atoms with Crippen molar-refractivity contribution < 1.29 is 9.53 Å². The Morgan fingerprint density at radius 1 is 0.742 bits per heavy atom. The van der Waals surface area contributed by atoms with Gasteiger partial charge < -0.3 is 0 Å². The number of carbonyl (C=O) groups excluding carboxylic acids is 1. The Kier molecular flexibility index (Phi) is 7.59. The third-order valence-electron chi connectivity index (χ3n) is 5.70. The first-order valence-corrected chi connectivity index (χ1v) is 16.0. The Morgan fingerprint density at radius 2 is 1.13 bits per heavy atom. The molecule has 3 aromatic rings. The summed E-state index contributed by atoms with van der Waals surface area (Å²) in [6.45, 7) is 6.16. The Balaban J connectivity index is 1.98. The predicted octanol–water partition coefficient (Wildman–Crippen LogP) is 6.24. The second-order valence-corrected chi connectivity index (χ2v) is 19.8. The molecule has 2 nitrogen and oxygen atoms in total. The first kappa shape index (κ1) is 23.9. The Bertz CT molecular complexity index is 883.